The van der Waals surface area contributed by atoms with Crippen molar-refractivity contribution in [3.8, 4) is 0 Å². The average molecular weight is 292 g/mol. The number of halogens is 2. The van der Waals surface area contributed by atoms with Crippen LogP contribution in [0.3, 0.4) is 0 Å². The highest BCUT2D eigenvalue weighted by Gasteiger charge is 2.11. The summed E-state index contributed by atoms with van der Waals surface area (Å²) in [5.74, 6) is -0.0828. The Hall–Kier alpha value is -0.580. The molecule has 3 nitrogen and oxygen atoms in total. The van der Waals surface area contributed by atoms with Gasteiger partial charge < -0.3 is 10.6 Å². The summed E-state index contributed by atoms with van der Waals surface area (Å²) in [4.78, 5) is 11.6. The molecular weight excluding hydrogens is 279 g/mol. The molecule has 1 unspecified atom stereocenters. The second kappa shape index (κ2) is 5.49. The van der Waals surface area contributed by atoms with Crippen molar-refractivity contribution in [2.75, 3.05) is 12.4 Å². The van der Waals surface area contributed by atoms with Crippen LogP contribution in [0.1, 0.15) is 6.92 Å². The van der Waals surface area contributed by atoms with E-state index in [0.717, 1.165) is 4.47 Å². The molecule has 0 aliphatic carbocycles. The summed E-state index contributed by atoms with van der Waals surface area (Å²) in [5.41, 5.74) is 0.714. The molecule has 1 aromatic rings. The van der Waals surface area contributed by atoms with Crippen molar-refractivity contribution >= 4 is 39.1 Å². The molecule has 0 aromatic heterocycles. The van der Waals surface area contributed by atoms with Gasteiger partial charge in [0.05, 0.1) is 11.7 Å². The molecule has 0 aliphatic heterocycles. The van der Waals surface area contributed by atoms with Crippen LogP contribution in [-0.4, -0.2) is 19.0 Å². The van der Waals surface area contributed by atoms with Crippen LogP contribution in [0.2, 0.25) is 5.02 Å². The Bertz CT molecular complexity index is 370. The fourth-order valence-electron chi connectivity index (χ4n) is 0.963. The van der Waals surface area contributed by atoms with E-state index in [4.69, 9.17) is 11.6 Å². The van der Waals surface area contributed by atoms with Crippen LogP contribution in [0.15, 0.2) is 22.7 Å². The van der Waals surface area contributed by atoms with Crippen LogP contribution in [-0.2, 0) is 4.79 Å². The van der Waals surface area contributed by atoms with Gasteiger partial charge in [-0.2, -0.15) is 0 Å². The van der Waals surface area contributed by atoms with E-state index < -0.39 is 0 Å². The van der Waals surface area contributed by atoms with Crippen LogP contribution < -0.4 is 10.6 Å². The Morgan fingerprint density at radius 3 is 2.73 bits per heavy atom. The van der Waals surface area contributed by atoms with Gasteiger partial charge in [0.15, 0.2) is 0 Å². The number of benzene rings is 1. The first-order chi connectivity index (χ1) is 7.04. The van der Waals surface area contributed by atoms with Crippen molar-refractivity contribution in [2.24, 2.45) is 0 Å². The third-order valence-corrected chi connectivity index (χ3v) is 2.91. The Morgan fingerprint density at radius 1 is 1.53 bits per heavy atom. The lowest BCUT2D eigenvalue weighted by Crippen LogP contribution is -2.35. The minimum absolute atomic E-state index is 0.0828. The van der Waals surface area contributed by atoms with Gasteiger partial charge in [-0.3, -0.25) is 4.79 Å². The predicted octanol–water partition coefficient (Wildman–Crippen LogP) is 2.65. The summed E-state index contributed by atoms with van der Waals surface area (Å²) in [6, 6.07) is 4.99. The van der Waals surface area contributed by atoms with E-state index in [1.165, 1.54) is 0 Å². The molecule has 2 N–H and O–H groups in total. The molecule has 1 atom stereocenters. The normalized spacial score (nSPS) is 12.3. The Labute approximate surface area is 102 Å². The van der Waals surface area contributed by atoms with E-state index in [1.54, 1.807) is 32.2 Å². The standard InChI is InChI=1S/C10H12BrClN2O/c1-6(13-2)10(15)14-9-4-3-7(12)5-8(9)11/h3-6,13H,1-2H3,(H,14,15). The predicted molar refractivity (Wildman–Crippen MR) is 66.3 cm³/mol. The molecule has 0 spiro atoms. The van der Waals surface area contributed by atoms with E-state index in [1.807, 2.05) is 0 Å². The molecule has 0 saturated carbocycles. The van der Waals surface area contributed by atoms with E-state index in [9.17, 15) is 4.79 Å². The summed E-state index contributed by atoms with van der Waals surface area (Å²) in [7, 11) is 1.74. The maximum absolute atomic E-state index is 11.6. The number of hydrogen-bond acceptors (Lipinski definition) is 2. The molecule has 15 heavy (non-hydrogen) atoms. The van der Waals surface area contributed by atoms with Crippen molar-refractivity contribution in [1.29, 1.82) is 0 Å². The maximum Gasteiger partial charge on any atom is 0.241 e. The number of hydrogen-bond donors (Lipinski definition) is 2. The summed E-state index contributed by atoms with van der Waals surface area (Å²) >= 11 is 9.12. The highest BCUT2D eigenvalue weighted by molar-refractivity contribution is 9.10. The number of nitrogens with one attached hydrogen (secondary N) is 2. The van der Waals surface area contributed by atoms with Gasteiger partial charge in [0.1, 0.15) is 0 Å². The zero-order valence-electron chi connectivity index (χ0n) is 8.47. The first-order valence-corrected chi connectivity index (χ1v) is 5.65. The van der Waals surface area contributed by atoms with Crippen LogP contribution in [0.5, 0.6) is 0 Å². The lowest BCUT2D eigenvalue weighted by atomic mass is 10.3. The third-order valence-electron chi connectivity index (χ3n) is 2.02. The molecule has 82 valence electrons. The van der Waals surface area contributed by atoms with Gasteiger partial charge in [-0.05, 0) is 48.1 Å². The molecule has 0 aliphatic rings. The van der Waals surface area contributed by atoms with E-state index in [-0.39, 0.29) is 11.9 Å². The minimum Gasteiger partial charge on any atom is -0.324 e. The zero-order chi connectivity index (χ0) is 11.4. The third kappa shape index (κ3) is 3.48. The average Bonchev–Trinajstić information content (AvgIpc) is 2.20. The van der Waals surface area contributed by atoms with Gasteiger partial charge in [-0.1, -0.05) is 11.6 Å². The van der Waals surface area contributed by atoms with Crippen molar-refractivity contribution < 1.29 is 4.79 Å². The Kier molecular flexibility index (Phi) is 4.57. The molecule has 0 bridgehead atoms. The van der Waals surface area contributed by atoms with Gasteiger partial charge in [0.2, 0.25) is 5.91 Å². The largest absolute Gasteiger partial charge is 0.324 e. The first-order valence-electron chi connectivity index (χ1n) is 4.47. The number of amides is 1. The van der Waals surface area contributed by atoms with Gasteiger partial charge in [0, 0.05) is 9.50 Å². The second-order valence-corrected chi connectivity index (χ2v) is 4.41. The Balaban J connectivity index is 2.77. The van der Waals surface area contributed by atoms with Crippen LogP contribution in [0, 0.1) is 0 Å². The zero-order valence-corrected chi connectivity index (χ0v) is 10.8. The fraction of sp³-hybridized carbons (Fsp3) is 0.300. The van der Waals surface area contributed by atoms with Crippen molar-refractivity contribution in [3.63, 3.8) is 0 Å². The second-order valence-electron chi connectivity index (χ2n) is 3.12. The summed E-state index contributed by atoms with van der Waals surface area (Å²) in [6.45, 7) is 1.79. The van der Waals surface area contributed by atoms with Crippen LogP contribution >= 0.6 is 27.5 Å². The quantitative estimate of drug-likeness (QED) is 0.899. The van der Waals surface area contributed by atoms with Crippen LogP contribution in [0.25, 0.3) is 0 Å². The molecular formula is C10H12BrClN2O. The fourth-order valence-corrected chi connectivity index (χ4v) is 1.74. The first kappa shape index (κ1) is 12.5. The van der Waals surface area contributed by atoms with Gasteiger partial charge >= 0.3 is 0 Å². The topological polar surface area (TPSA) is 41.1 Å². The molecule has 0 saturated heterocycles. The van der Waals surface area contributed by atoms with E-state index in [2.05, 4.69) is 26.6 Å². The molecule has 1 amide bonds. The summed E-state index contributed by atoms with van der Waals surface area (Å²) < 4.78 is 0.770. The monoisotopic (exact) mass is 290 g/mol. The van der Waals surface area contributed by atoms with Crippen molar-refractivity contribution in [1.82, 2.24) is 5.32 Å². The summed E-state index contributed by atoms with van der Waals surface area (Å²) in [6.07, 6.45) is 0. The lowest BCUT2D eigenvalue weighted by Gasteiger charge is -2.12. The SMILES string of the molecule is CNC(C)C(=O)Nc1ccc(Cl)cc1Br. The van der Waals surface area contributed by atoms with E-state index in [0.29, 0.717) is 10.7 Å². The molecule has 1 aromatic carbocycles. The van der Waals surface area contributed by atoms with Crippen molar-refractivity contribution in [3.05, 3.63) is 27.7 Å². The molecule has 1 rings (SSSR count). The van der Waals surface area contributed by atoms with Crippen molar-refractivity contribution in [2.45, 2.75) is 13.0 Å². The Morgan fingerprint density at radius 2 is 2.20 bits per heavy atom. The number of carbonyl (C=O) groups is 1. The molecule has 0 heterocycles. The lowest BCUT2D eigenvalue weighted by molar-refractivity contribution is -0.117. The van der Waals surface area contributed by atoms with E-state index >= 15 is 0 Å². The number of carbonyl (C=O) groups excluding carboxylic acids is 1. The molecule has 0 fully saturated rings. The number of anilines is 1. The molecule has 0 radical (unpaired) electrons. The number of rotatable bonds is 3. The van der Waals surface area contributed by atoms with Gasteiger partial charge in [-0.25, -0.2) is 0 Å². The summed E-state index contributed by atoms with van der Waals surface area (Å²) in [5, 5.41) is 6.27. The smallest absolute Gasteiger partial charge is 0.241 e. The minimum atomic E-state index is -0.229. The van der Waals surface area contributed by atoms with Gasteiger partial charge in [-0.15, -0.1) is 0 Å². The highest BCUT2D eigenvalue weighted by Crippen LogP contribution is 2.25. The maximum atomic E-state index is 11.6. The highest BCUT2D eigenvalue weighted by atomic mass is 79.9. The number of likely N-dealkylation sites (N-methyl/N-ethyl adjacent to an activating group) is 1. The van der Waals surface area contributed by atoms with Gasteiger partial charge in [0.25, 0.3) is 0 Å². The molecule has 5 heteroatoms. The van der Waals surface area contributed by atoms with Crippen LogP contribution in [0.4, 0.5) is 5.69 Å².